The maximum atomic E-state index is 5.56. The minimum atomic E-state index is 0.533. The molecule has 9 heteroatoms. The Kier molecular flexibility index (Phi) is 26.9. The fourth-order valence-electron chi connectivity index (χ4n) is 2.98. The third-order valence-electron chi connectivity index (χ3n) is 4.98. The van der Waals surface area contributed by atoms with Crippen molar-refractivity contribution in [1.82, 2.24) is 0 Å². The summed E-state index contributed by atoms with van der Waals surface area (Å²) in [7, 11) is 0. The Morgan fingerprint density at radius 2 is 0.703 bits per heavy atom. The molecule has 216 valence electrons. The van der Waals surface area contributed by atoms with Crippen molar-refractivity contribution >= 4 is 0 Å². The van der Waals surface area contributed by atoms with Crippen LogP contribution >= 0.6 is 0 Å². The van der Waals surface area contributed by atoms with Gasteiger partial charge in [-0.05, 0) is 12.0 Å². The second kappa shape index (κ2) is 29.4. The number of hydrogen-bond acceptors (Lipinski definition) is 9. The molecule has 0 fully saturated rings. The van der Waals surface area contributed by atoms with E-state index in [0.717, 1.165) is 18.6 Å². The summed E-state index contributed by atoms with van der Waals surface area (Å²) in [5.41, 5.74) is 1.16. The fraction of sp³-hybridized carbons (Fsp3) is 0.786. The highest BCUT2D eigenvalue weighted by molar-refractivity contribution is 5.13. The molecule has 0 bridgehead atoms. The molecule has 0 saturated heterocycles. The predicted molar refractivity (Wildman–Crippen MR) is 142 cm³/mol. The molecule has 0 saturated carbocycles. The highest BCUT2D eigenvalue weighted by Gasteiger charge is 1.96. The molecule has 0 N–H and O–H groups in total. The van der Waals surface area contributed by atoms with Crippen molar-refractivity contribution in [3.05, 3.63) is 35.9 Å². The molecule has 1 aromatic rings. The van der Waals surface area contributed by atoms with Gasteiger partial charge in [0.2, 0.25) is 0 Å². The lowest BCUT2D eigenvalue weighted by Gasteiger charge is -2.09. The van der Waals surface area contributed by atoms with E-state index in [1.54, 1.807) is 0 Å². The van der Waals surface area contributed by atoms with Crippen LogP contribution < -0.4 is 0 Å². The van der Waals surface area contributed by atoms with E-state index in [-0.39, 0.29) is 0 Å². The van der Waals surface area contributed by atoms with E-state index in [9.17, 15) is 0 Å². The molecule has 0 radical (unpaired) electrons. The van der Waals surface area contributed by atoms with Crippen LogP contribution in [0.3, 0.4) is 0 Å². The molecule has 9 nitrogen and oxygen atoms in total. The molecule has 1 aromatic carbocycles. The summed E-state index contributed by atoms with van der Waals surface area (Å²) < 4.78 is 49.3. The van der Waals surface area contributed by atoms with Gasteiger partial charge in [0.05, 0.1) is 112 Å². The van der Waals surface area contributed by atoms with Gasteiger partial charge in [-0.15, -0.1) is 0 Å². The predicted octanol–water partition coefficient (Wildman–Crippen LogP) is 3.53. The number of unbranched alkanes of at least 4 members (excludes halogenated alkanes) is 2. The van der Waals surface area contributed by atoms with Crippen molar-refractivity contribution in [1.29, 1.82) is 0 Å². The number of ether oxygens (including phenoxy) is 9. The molecule has 0 aromatic heterocycles. The summed E-state index contributed by atoms with van der Waals surface area (Å²) >= 11 is 0. The van der Waals surface area contributed by atoms with Crippen molar-refractivity contribution in [2.45, 2.75) is 32.8 Å². The SMILES string of the molecule is CCCCCOCCOCCOCCOCCOCCOCCOCCOCCOCc1ccccc1. The van der Waals surface area contributed by atoms with Crippen LogP contribution in [0.25, 0.3) is 0 Å². The molecule has 37 heavy (non-hydrogen) atoms. The van der Waals surface area contributed by atoms with E-state index >= 15 is 0 Å². The molecular weight excluding hydrogens is 480 g/mol. The molecule has 0 aliphatic heterocycles. The molecule has 0 atom stereocenters. The Balaban J connectivity index is 1.62. The van der Waals surface area contributed by atoms with Gasteiger partial charge in [0.15, 0.2) is 0 Å². The lowest BCUT2D eigenvalue weighted by Crippen LogP contribution is -2.15. The van der Waals surface area contributed by atoms with E-state index in [4.69, 9.17) is 42.6 Å². The van der Waals surface area contributed by atoms with Crippen molar-refractivity contribution in [2.24, 2.45) is 0 Å². The summed E-state index contributed by atoms with van der Waals surface area (Å²) in [5.74, 6) is 0. The maximum absolute atomic E-state index is 5.56. The number of hydrogen-bond donors (Lipinski definition) is 0. The van der Waals surface area contributed by atoms with E-state index < -0.39 is 0 Å². The fourth-order valence-corrected chi connectivity index (χ4v) is 2.98. The van der Waals surface area contributed by atoms with E-state index in [1.807, 2.05) is 30.3 Å². The van der Waals surface area contributed by atoms with Gasteiger partial charge in [0.25, 0.3) is 0 Å². The van der Waals surface area contributed by atoms with Crippen LogP contribution in [0.4, 0.5) is 0 Å². The van der Waals surface area contributed by atoms with Crippen molar-refractivity contribution in [3.8, 4) is 0 Å². The van der Waals surface area contributed by atoms with Crippen LogP contribution in [0.15, 0.2) is 30.3 Å². The minimum absolute atomic E-state index is 0.533. The molecular formula is C28H50O9. The molecule has 0 aliphatic carbocycles. The summed E-state index contributed by atoms with van der Waals surface area (Å²) in [6.45, 7) is 12.5. The van der Waals surface area contributed by atoms with Crippen LogP contribution in [-0.2, 0) is 49.2 Å². The van der Waals surface area contributed by atoms with Gasteiger partial charge in [0, 0.05) is 6.61 Å². The summed E-state index contributed by atoms with van der Waals surface area (Å²) in [6, 6.07) is 10.1. The quantitative estimate of drug-likeness (QED) is 0.139. The Morgan fingerprint density at radius 3 is 1.05 bits per heavy atom. The van der Waals surface area contributed by atoms with Gasteiger partial charge in [-0.25, -0.2) is 0 Å². The van der Waals surface area contributed by atoms with E-state index in [2.05, 4.69) is 6.92 Å². The summed E-state index contributed by atoms with van der Waals surface area (Å²) in [4.78, 5) is 0. The second-order valence-corrected chi connectivity index (χ2v) is 8.14. The molecule has 0 spiro atoms. The van der Waals surface area contributed by atoms with Gasteiger partial charge in [-0.3, -0.25) is 0 Å². The molecule has 0 heterocycles. The second-order valence-electron chi connectivity index (χ2n) is 8.14. The van der Waals surface area contributed by atoms with Gasteiger partial charge < -0.3 is 42.6 Å². The molecule has 0 unspecified atom stereocenters. The lowest BCUT2D eigenvalue weighted by molar-refractivity contribution is -0.0254. The van der Waals surface area contributed by atoms with Crippen LogP contribution in [0.5, 0.6) is 0 Å². The standard InChI is InChI=1S/C28H50O9/c1-2-3-7-10-29-11-12-30-13-14-31-15-16-32-17-18-33-19-20-34-21-22-35-23-24-36-25-26-37-27-28-8-5-4-6-9-28/h4-6,8-9H,2-3,7,10-27H2,1H3. The highest BCUT2D eigenvalue weighted by atomic mass is 16.6. The third-order valence-corrected chi connectivity index (χ3v) is 4.98. The Bertz CT molecular complexity index is 548. The zero-order valence-electron chi connectivity index (χ0n) is 22.9. The van der Waals surface area contributed by atoms with E-state index in [1.165, 1.54) is 12.8 Å². The van der Waals surface area contributed by atoms with Gasteiger partial charge >= 0.3 is 0 Å². The average molecular weight is 531 g/mol. The van der Waals surface area contributed by atoms with Crippen molar-refractivity contribution in [3.63, 3.8) is 0 Å². The number of rotatable bonds is 30. The lowest BCUT2D eigenvalue weighted by atomic mass is 10.2. The van der Waals surface area contributed by atoms with Gasteiger partial charge in [-0.1, -0.05) is 50.1 Å². The maximum Gasteiger partial charge on any atom is 0.0718 e. The Labute approximate surface area is 223 Å². The zero-order chi connectivity index (χ0) is 26.3. The number of benzene rings is 1. The Morgan fingerprint density at radius 1 is 0.378 bits per heavy atom. The first kappa shape index (κ1) is 33.9. The van der Waals surface area contributed by atoms with Crippen LogP contribution in [0.1, 0.15) is 31.7 Å². The van der Waals surface area contributed by atoms with Crippen molar-refractivity contribution < 1.29 is 42.6 Å². The highest BCUT2D eigenvalue weighted by Crippen LogP contribution is 2.00. The van der Waals surface area contributed by atoms with Gasteiger partial charge in [-0.2, -0.15) is 0 Å². The Hall–Kier alpha value is -1.14. The van der Waals surface area contributed by atoms with Crippen LogP contribution in [0, 0.1) is 0 Å². The summed E-state index contributed by atoms with van der Waals surface area (Å²) in [5, 5.41) is 0. The van der Waals surface area contributed by atoms with Crippen LogP contribution in [0.2, 0.25) is 0 Å². The topological polar surface area (TPSA) is 83.1 Å². The van der Waals surface area contributed by atoms with Crippen molar-refractivity contribution in [2.75, 3.05) is 112 Å². The molecule has 0 aliphatic rings. The molecule has 0 amide bonds. The zero-order valence-corrected chi connectivity index (χ0v) is 22.9. The smallest absolute Gasteiger partial charge is 0.0718 e. The largest absolute Gasteiger partial charge is 0.379 e. The minimum Gasteiger partial charge on any atom is -0.379 e. The normalized spacial score (nSPS) is 11.4. The third kappa shape index (κ3) is 26.3. The molecule has 1 rings (SSSR count). The first-order valence-electron chi connectivity index (χ1n) is 13.7. The van der Waals surface area contributed by atoms with Crippen LogP contribution in [-0.4, -0.2) is 112 Å². The van der Waals surface area contributed by atoms with Gasteiger partial charge in [0.1, 0.15) is 0 Å². The monoisotopic (exact) mass is 530 g/mol. The first-order valence-corrected chi connectivity index (χ1v) is 13.7. The first-order chi connectivity index (χ1) is 18.4. The summed E-state index contributed by atoms with van der Waals surface area (Å²) in [6.07, 6.45) is 3.56. The average Bonchev–Trinajstić information content (AvgIpc) is 2.93. The van der Waals surface area contributed by atoms with E-state index in [0.29, 0.717) is 112 Å².